The standard InChI is InChI=1S/C28H58NO7P/c1-6-8-10-12-14-15-16-17-19-21-28(30)36-27(25-33-23-20-18-13-11-9-7-2)26-35-37(31,32)34-24-22-29(3,4)5/h27H,6-26H2,1-5H3/p+1. The molecule has 222 valence electrons. The zero-order valence-corrected chi connectivity index (χ0v) is 25.6. The highest BCUT2D eigenvalue weighted by Crippen LogP contribution is 2.43. The quantitative estimate of drug-likeness (QED) is 0.0506. The van der Waals surface area contributed by atoms with Crippen LogP contribution in [-0.2, 0) is 27.9 Å². The molecule has 0 saturated carbocycles. The van der Waals surface area contributed by atoms with Crippen LogP contribution in [0.1, 0.15) is 117 Å². The fraction of sp³-hybridized carbons (Fsp3) is 0.964. The molecule has 0 amide bonds. The van der Waals surface area contributed by atoms with Crippen molar-refractivity contribution >= 4 is 13.8 Å². The van der Waals surface area contributed by atoms with E-state index in [1.807, 2.05) is 21.1 Å². The average molecular weight is 553 g/mol. The second kappa shape index (κ2) is 23.4. The number of phosphoric ester groups is 1. The van der Waals surface area contributed by atoms with E-state index in [2.05, 4.69) is 13.8 Å². The number of ether oxygens (including phenoxy) is 2. The summed E-state index contributed by atoms with van der Waals surface area (Å²) in [6, 6.07) is 0. The maximum absolute atomic E-state index is 12.4. The molecule has 0 rings (SSSR count). The van der Waals surface area contributed by atoms with Crippen LogP contribution in [0.4, 0.5) is 0 Å². The Morgan fingerprint density at radius 3 is 1.78 bits per heavy atom. The largest absolute Gasteiger partial charge is 0.472 e. The van der Waals surface area contributed by atoms with Gasteiger partial charge in [-0.3, -0.25) is 13.8 Å². The SMILES string of the molecule is CCCCCCCCCCCC(=O)OC(COCCCCCCCC)COP(=O)(O)OCC[N+](C)(C)C. The van der Waals surface area contributed by atoms with Gasteiger partial charge in [0.1, 0.15) is 19.3 Å². The van der Waals surface area contributed by atoms with Gasteiger partial charge in [-0.2, -0.15) is 0 Å². The first-order valence-corrected chi connectivity index (χ1v) is 16.3. The number of esters is 1. The minimum Gasteiger partial charge on any atom is -0.457 e. The summed E-state index contributed by atoms with van der Waals surface area (Å²) in [5.74, 6) is -0.321. The number of quaternary nitrogens is 1. The lowest BCUT2D eigenvalue weighted by Gasteiger charge is -2.24. The van der Waals surface area contributed by atoms with Crippen molar-refractivity contribution in [1.29, 1.82) is 0 Å². The Morgan fingerprint density at radius 2 is 1.24 bits per heavy atom. The van der Waals surface area contributed by atoms with Gasteiger partial charge < -0.3 is 18.9 Å². The van der Waals surface area contributed by atoms with Crippen LogP contribution >= 0.6 is 7.82 Å². The van der Waals surface area contributed by atoms with Gasteiger partial charge in [-0.25, -0.2) is 4.57 Å². The van der Waals surface area contributed by atoms with Crippen LogP contribution in [0.2, 0.25) is 0 Å². The summed E-state index contributed by atoms with van der Waals surface area (Å²) < 4.78 is 34.4. The molecule has 0 radical (unpaired) electrons. The molecule has 1 N–H and O–H groups in total. The number of carbonyl (C=O) groups is 1. The van der Waals surface area contributed by atoms with Gasteiger partial charge in [0.15, 0.2) is 0 Å². The number of nitrogens with zero attached hydrogens (tertiary/aromatic N) is 1. The molecule has 0 aliphatic carbocycles. The van der Waals surface area contributed by atoms with Gasteiger partial charge >= 0.3 is 13.8 Å². The van der Waals surface area contributed by atoms with E-state index in [0.29, 0.717) is 24.1 Å². The first kappa shape index (κ1) is 36.5. The van der Waals surface area contributed by atoms with Crippen molar-refractivity contribution in [3.8, 4) is 0 Å². The Kier molecular flexibility index (Phi) is 23.1. The lowest BCUT2D eigenvalue weighted by atomic mass is 10.1. The van der Waals surface area contributed by atoms with E-state index < -0.39 is 13.9 Å². The molecule has 0 saturated heterocycles. The number of rotatable bonds is 27. The average Bonchev–Trinajstić information content (AvgIpc) is 2.82. The Bertz CT molecular complexity index is 583. The Morgan fingerprint density at radius 1 is 0.730 bits per heavy atom. The predicted octanol–water partition coefficient (Wildman–Crippen LogP) is 7.04. The minimum absolute atomic E-state index is 0.0921. The summed E-state index contributed by atoms with van der Waals surface area (Å²) in [5.41, 5.74) is 0. The normalized spacial score (nSPS) is 14.4. The van der Waals surface area contributed by atoms with Gasteiger partial charge in [-0.1, -0.05) is 97.3 Å². The van der Waals surface area contributed by atoms with Crippen LogP contribution < -0.4 is 0 Å². The molecule has 8 nitrogen and oxygen atoms in total. The molecule has 9 heteroatoms. The van der Waals surface area contributed by atoms with Crippen molar-refractivity contribution in [2.75, 3.05) is 54.1 Å². The lowest BCUT2D eigenvalue weighted by Crippen LogP contribution is -2.37. The number of hydrogen-bond acceptors (Lipinski definition) is 6. The number of carbonyl (C=O) groups excluding carboxylic acids is 1. The summed E-state index contributed by atoms with van der Waals surface area (Å²) in [5, 5.41) is 0. The zero-order valence-electron chi connectivity index (χ0n) is 24.7. The zero-order chi connectivity index (χ0) is 27.8. The number of hydrogen-bond donors (Lipinski definition) is 1. The van der Waals surface area contributed by atoms with Gasteiger partial charge in [0, 0.05) is 13.0 Å². The number of phosphoric acid groups is 1. The second-order valence-corrected chi connectivity index (χ2v) is 12.6. The molecule has 0 aliphatic heterocycles. The third-order valence-electron chi connectivity index (χ3n) is 6.17. The van der Waals surface area contributed by atoms with Crippen molar-refractivity contribution in [2.45, 2.75) is 123 Å². The molecule has 0 fully saturated rings. The number of unbranched alkanes of at least 4 members (excludes halogenated alkanes) is 13. The van der Waals surface area contributed by atoms with Gasteiger partial charge in [0.25, 0.3) is 0 Å². The maximum atomic E-state index is 12.4. The fourth-order valence-electron chi connectivity index (χ4n) is 3.78. The Balaban J connectivity index is 4.39. The highest BCUT2D eigenvalue weighted by atomic mass is 31.2. The summed E-state index contributed by atoms with van der Waals surface area (Å²) in [7, 11) is 1.67. The van der Waals surface area contributed by atoms with Crippen molar-refractivity contribution < 1.29 is 37.3 Å². The fourth-order valence-corrected chi connectivity index (χ4v) is 4.53. The van der Waals surface area contributed by atoms with E-state index in [-0.39, 0.29) is 25.8 Å². The molecule has 2 atom stereocenters. The van der Waals surface area contributed by atoms with E-state index in [9.17, 15) is 14.3 Å². The van der Waals surface area contributed by atoms with Gasteiger partial charge in [-0.05, 0) is 12.8 Å². The van der Waals surface area contributed by atoms with Crippen LogP contribution in [0.3, 0.4) is 0 Å². The summed E-state index contributed by atoms with van der Waals surface area (Å²) in [4.78, 5) is 22.4. The molecule has 0 spiro atoms. The van der Waals surface area contributed by atoms with Crippen molar-refractivity contribution in [3.63, 3.8) is 0 Å². The Labute approximate surface area is 228 Å². The molecule has 37 heavy (non-hydrogen) atoms. The Hall–Kier alpha value is -0.500. The van der Waals surface area contributed by atoms with E-state index in [4.69, 9.17) is 18.5 Å². The van der Waals surface area contributed by atoms with Gasteiger partial charge in [0.2, 0.25) is 0 Å². The van der Waals surface area contributed by atoms with E-state index >= 15 is 0 Å². The molecule has 2 unspecified atom stereocenters. The van der Waals surface area contributed by atoms with Crippen LogP contribution in [0.5, 0.6) is 0 Å². The highest BCUT2D eigenvalue weighted by Gasteiger charge is 2.26. The first-order valence-electron chi connectivity index (χ1n) is 14.8. The molecule has 0 aromatic heterocycles. The molecule has 0 aliphatic rings. The topological polar surface area (TPSA) is 91.3 Å². The smallest absolute Gasteiger partial charge is 0.457 e. The summed E-state index contributed by atoms with van der Waals surface area (Å²) in [6.45, 7) is 5.54. The molecule has 0 aromatic rings. The molecular weight excluding hydrogens is 493 g/mol. The van der Waals surface area contributed by atoms with Crippen LogP contribution in [0, 0.1) is 0 Å². The highest BCUT2D eigenvalue weighted by molar-refractivity contribution is 7.47. The third-order valence-corrected chi connectivity index (χ3v) is 7.15. The van der Waals surface area contributed by atoms with Crippen molar-refractivity contribution in [2.24, 2.45) is 0 Å². The minimum atomic E-state index is -4.24. The molecule has 0 bridgehead atoms. The van der Waals surface area contributed by atoms with E-state index in [1.165, 1.54) is 64.2 Å². The second-order valence-electron chi connectivity index (χ2n) is 11.1. The number of likely N-dealkylation sites (N-methyl/N-ethyl adjacent to an activating group) is 1. The van der Waals surface area contributed by atoms with E-state index in [0.717, 1.165) is 32.1 Å². The molecular formula is C28H59NO7P+. The predicted molar refractivity (Wildman–Crippen MR) is 151 cm³/mol. The first-order chi connectivity index (χ1) is 17.6. The van der Waals surface area contributed by atoms with Crippen LogP contribution in [0.25, 0.3) is 0 Å². The monoisotopic (exact) mass is 552 g/mol. The van der Waals surface area contributed by atoms with Gasteiger partial charge in [0.05, 0.1) is 34.4 Å². The van der Waals surface area contributed by atoms with Crippen molar-refractivity contribution in [1.82, 2.24) is 0 Å². The van der Waals surface area contributed by atoms with Crippen molar-refractivity contribution in [3.05, 3.63) is 0 Å². The van der Waals surface area contributed by atoms with Crippen LogP contribution in [0.15, 0.2) is 0 Å². The summed E-state index contributed by atoms with van der Waals surface area (Å²) in [6.07, 6.45) is 17.1. The maximum Gasteiger partial charge on any atom is 0.472 e. The van der Waals surface area contributed by atoms with E-state index in [1.54, 1.807) is 0 Å². The lowest BCUT2D eigenvalue weighted by molar-refractivity contribution is -0.870. The summed E-state index contributed by atoms with van der Waals surface area (Å²) >= 11 is 0. The third kappa shape index (κ3) is 26.9. The molecule has 0 heterocycles. The van der Waals surface area contributed by atoms with Crippen LogP contribution in [-0.4, -0.2) is 75.6 Å². The van der Waals surface area contributed by atoms with Gasteiger partial charge in [-0.15, -0.1) is 0 Å². The molecule has 0 aromatic carbocycles.